The molecule has 4 bridgehead atoms. The molecule has 2 aliphatic carbocycles. The number of hydrogen-bond acceptors (Lipinski definition) is 3. The van der Waals surface area contributed by atoms with Gasteiger partial charge in [-0.05, 0) is 30.6 Å². The van der Waals surface area contributed by atoms with E-state index in [1.165, 1.54) is 6.42 Å². The molecule has 0 spiro atoms. The maximum absolute atomic E-state index is 11.8. The van der Waals surface area contributed by atoms with E-state index in [2.05, 4.69) is 13.8 Å². The Hall–Kier alpha value is -0.610. The van der Waals surface area contributed by atoms with E-state index in [4.69, 9.17) is 11.6 Å². The first kappa shape index (κ1) is 9.60. The molecule has 2 saturated carbocycles. The molecule has 4 N–H and O–H groups in total. The number of amides is 1. The van der Waals surface area contributed by atoms with Crippen molar-refractivity contribution in [2.45, 2.75) is 38.6 Å². The Morgan fingerprint density at radius 2 is 2.13 bits per heavy atom. The van der Waals surface area contributed by atoms with E-state index in [0.29, 0.717) is 5.92 Å². The lowest BCUT2D eigenvalue weighted by Crippen LogP contribution is -2.63. The third kappa shape index (κ3) is 0.658. The lowest BCUT2D eigenvalue weighted by Gasteiger charge is -2.43. The fourth-order valence-electron chi connectivity index (χ4n) is 4.85. The summed E-state index contributed by atoms with van der Waals surface area (Å²) >= 11 is 0. The van der Waals surface area contributed by atoms with Crippen LogP contribution in [0.3, 0.4) is 0 Å². The summed E-state index contributed by atoms with van der Waals surface area (Å²) in [6.07, 6.45) is 3.19. The molecular formula is C11H19N3O. The van der Waals surface area contributed by atoms with E-state index in [-0.39, 0.29) is 16.7 Å². The third-order valence-corrected chi connectivity index (χ3v) is 6.01. The van der Waals surface area contributed by atoms with Crippen LogP contribution in [-0.4, -0.2) is 23.0 Å². The standard InChI is InChI=1S/C11H19N3O/c1-9-6-14(13)11(8(12)15)5-7(9)3-4-10(9,11)2/h7H,3-6,13H2,1-2H3,(H2,12,15)/t7-,9+,10-,11+/m0/s1. The van der Waals surface area contributed by atoms with E-state index in [9.17, 15) is 4.79 Å². The highest BCUT2D eigenvalue weighted by Gasteiger charge is 2.79. The molecule has 15 heavy (non-hydrogen) atoms. The number of carbonyl (C=O) groups excluding carboxylic acids is 1. The van der Waals surface area contributed by atoms with Gasteiger partial charge in [0.15, 0.2) is 0 Å². The molecule has 4 atom stereocenters. The van der Waals surface area contributed by atoms with Gasteiger partial charge in [-0.2, -0.15) is 0 Å². The van der Waals surface area contributed by atoms with Crippen LogP contribution < -0.4 is 11.6 Å². The second-order valence-electron chi connectivity index (χ2n) is 6.04. The summed E-state index contributed by atoms with van der Waals surface area (Å²) in [5.74, 6) is 6.46. The fourth-order valence-corrected chi connectivity index (χ4v) is 4.85. The number of nitrogens with two attached hydrogens (primary N) is 2. The van der Waals surface area contributed by atoms with Crippen LogP contribution in [-0.2, 0) is 4.79 Å². The molecule has 1 saturated heterocycles. The smallest absolute Gasteiger partial charge is 0.239 e. The Labute approximate surface area is 89.9 Å². The number of piperidine rings is 1. The summed E-state index contributed by atoms with van der Waals surface area (Å²) in [7, 11) is 0. The van der Waals surface area contributed by atoms with Crippen LogP contribution in [0.5, 0.6) is 0 Å². The van der Waals surface area contributed by atoms with E-state index in [0.717, 1.165) is 19.4 Å². The molecule has 0 aromatic rings. The van der Waals surface area contributed by atoms with E-state index >= 15 is 0 Å². The maximum Gasteiger partial charge on any atom is 0.239 e. The van der Waals surface area contributed by atoms with Crippen molar-refractivity contribution >= 4 is 5.91 Å². The zero-order valence-electron chi connectivity index (χ0n) is 9.42. The highest BCUT2D eigenvalue weighted by atomic mass is 16.2. The molecule has 1 aliphatic heterocycles. The van der Waals surface area contributed by atoms with Gasteiger partial charge in [-0.25, -0.2) is 5.01 Å². The first-order valence-electron chi connectivity index (χ1n) is 5.71. The Kier molecular flexibility index (Phi) is 1.43. The fraction of sp³-hybridized carbons (Fsp3) is 0.909. The molecule has 1 heterocycles. The van der Waals surface area contributed by atoms with Gasteiger partial charge in [-0.15, -0.1) is 0 Å². The average Bonchev–Trinajstić information content (AvgIpc) is 2.55. The van der Waals surface area contributed by atoms with Crippen LogP contribution >= 0.6 is 0 Å². The van der Waals surface area contributed by atoms with Crippen LogP contribution in [0.4, 0.5) is 0 Å². The van der Waals surface area contributed by atoms with E-state index in [1.54, 1.807) is 5.01 Å². The van der Waals surface area contributed by atoms with Gasteiger partial charge < -0.3 is 5.73 Å². The molecule has 0 unspecified atom stereocenters. The van der Waals surface area contributed by atoms with Crippen LogP contribution in [0.25, 0.3) is 0 Å². The maximum atomic E-state index is 11.8. The molecular weight excluding hydrogens is 190 g/mol. The van der Waals surface area contributed by atoms with E-state index in [1.807, 2.05) is 0 Å². The van der Waals surface area contributed by atoms with Crippen molar-refractivity contribution < 1.29 is 4.79 Å². The minimum atomic E-state index is -0.565. The second kappa shape index (κ2) is 2.23. The molecule has 84 valence electrons. The number of primary amides is 1. The Morgan fingerprint density at radius 3 is 2.60 bits per heavy atom. The first-order chi connectivity index (χ1) is 6.88. The molecule has 1 amide bonds. The molecule has 4 heteroatoms. The van der Waals surface area contributed by atoms with Crippen molar-refractivity contribution in [3.05, 3.63) is 0 Å². The van der Waals surface area contributed by atoms with E-state index < -0.39 is 5.54 Å². The normalized spacial score (nSPS) is 57.7. The second-order valence-corrected chi connectivity index (χ2v) is 6.04. The van der Waals surface area contributed by atoms with Crippen LogP contribution in [0.15, 0.2) is 0 Å². The molecule has 3 rings (SSSR count). The van der Waals surface area contributed by atoms with Crippen molar-refractivity contribution in [2.24, 2.45) is 28.3 Å². The van der Waals surface area contributed by atoms with Crippen molar-refractivity contribution in [2.75, 3.05) is 6.54 Å². The number of rotatable bonds is 1. The van der Waals surface area contributed by atoms with Gasteiger partial charge in [-0.3, -0.25) is 10.6 Å². The predicted octanol–water partition coefficient (Wildman–Crippen LogP) is 0.226. The van der Waals surface area contributed by atoms with Crippen molar-refractivity contribution in [3.63, 3.8) is 0 Å². The van der Waals surface area contributed by atoms with Gasteiger partial charge in [0.1, 0.15) is 5.54 Å². The third-order valence-electron chi connectivity index (χ3n) is 6.01. The van der Waals surface area contributed by atoms with Crippen LogP contribution in [0, 0.1) is 16.7 Å². The molecule has 0 aromatic heterocycles. The van der Waals surface area contributed by atoms with Crippen molar-refractivity contribution in [3.8, 4) is 0 Å². The SMILES string of the molecule is C[C@@]12CC[C@H]3C[C@]1(C(N)=O)N(N)C[C@]32C. The summed E-state index contributed by atoms with van der Waals surface area (Å²) in [4.78, 5) is 11.8. The average molecular weight is 209 g/mol. The lowest BCUT2D eigenvalue weighted by atomic mass is 9.65. The number of nitrogens with zero attached hydrogens (tertiary/aromatic N) is 1. The first-order valence-corrected chi connectivity index (χ1v) is 5.71. The predicted molar refractivity (Wildman–Crippen MR) is 56.4 cm³/mol. The summed E-state index contributed by atoms with van der Waals surface area (Å²) in [6.45, 7) is 5.30. The minimum absolute atomic E-state index is 0.00868. The Bertz CT molecular complexity index is 358. The number of carbonyl (C=O) groups is 1. The highest BCUT2D eigenvalue weighted by Crippen LogP contribution is 2.74. The Morgan fingerprint density at radius 1 is 1.47 bits per heavy atom. The summed E-state index contributed by atoms with van der Waals surface area (Å²) in [5, 5.41) is 1.73. The van der Waals surface area contributed by atoms with Gasteiger partial charge in [-0.1, -0.05) is 13.8 Å². The molecule has 4 nitrogen and oxygen atoms in total. The summed E-state index contributed by atoms with van der Waals surface area (Å²) < 4.78 is 0. The zero-order chi connectivity index (χ0) is 11.1. The number of hydrogen-bond donors (Lipinski definition) is 2. The van der Waals surface area contributed by atoms with Crippen LogP contribution in [0.1, 0.15) is 33.1 Å². The van der Waals surface area contributed by atoms with Gasteiger partial charge in [0.2, 0.25) is 5.91 Å². The summed E-state index contributed by atoms with van der Waals surface area (Å²) in [5.41, 5.74) is 5.25. The monoisotopic (exact) mass is 209 g/mol. The zero-order valence-corrected chi connectivity index (χ0v) is 9.42. The van der Waals surface area contributed by atoms with Crippen molar-refractivity contribution in [1.82, 2.24) is 5.01 Å². The molecule has 3 aliphatic rings. The van der Waals surface area contributed by atoms with Gasteiger partial charge in [0.05, 0.1) is 0 Å². The molecule has 0 aromatic carbocycles. The van der Waals surface area contributed by atoms with Gasteiger partial charge in [0.25, 0.3) is 0 Å². The lowest BCUT2D eigenvalue weighted by molar-refractivity contribution is -0.135. The number of hydrazine groups is 1. The Balaban J connectivity index is 2.22. The quantitative estimate of drug-likeness (QED) is 0.607. The topological polar surface area (TPSA) is 72.4 Å². The molecule has 3 fully saturated rings. The van der Waals surface area contributed by atoms with Gasteiger partial charge >= 0.3 is 0 Å². The molecule has 0 radical (unpaired) electrons. The minimum Gasteiger partial charge on any atom is -0.368 e. The van der Waals surface area contributed by atoms with Crippen molar-refractivity contribution in [1.29, 1.82) is 0 Å². The highest BCUT2D eigenvalue weighted by molar-refractivity contribution is 5.87. The largest absolute Gasteiger partial charge is 0.368 e. The summed E-state index contributed by atoms with van der Waals surface area (Å²) in [6, 6.07) is 0. The van der Waals surface area contributed by atoms with Crippen LogP contribution in [0.2, 0.25) is 0 Å². The van der Waals surface area contributed by atoms with Gasteiger partial charge in [0, 0.05) is 12.0 Å².